The Labute approximate surface area is 181 Å². The molecular formula is C26H24O5. The third-order valence-corrected chi connectivity index (χ3v) is 5.73. The quantitative estimate of drug-likeness (QED) is 0.638. The molecule has 31 heavy (non-hydrogen) atoms. The molecule has 0 spiro atoms. The van der Waals surface area contributed by atoms with Crippen LogP contribution in [0.5, 0.6) is 0 Å². The van der Waals surface area contributed by atoms with E-state index < -0.39 is 29.4 Å². The summed E-state index contributed by atoms with van der Waals surface area (Å²) in [6.45, 7) is 0.0699. The zero-order chi connectivity index (χ0) is 21.7. The van der Waals surface area contributed by atoms with Crippen molar-refractivity contribution in [3.8, 4) is 0 Å². The molecule has 5 heteroatoms. The van der Waals surface area contributed by atoms with Gasteiger partial charge in [-0.25, -0.2) is 0 Å². The zero-order valence-corrected chi connectivity index (χ0v) is 17.0. The van der Waals surface area contributed by atoms with E-state index in [1.165, 1.54) is 0 Å². The highest BCUT2D eigenvalue weighted by molar-refractivity contribution is 5.80. The van der Waals surface area contributed by atoms with Gasteiger partial charge < -0.3 is 14.6 Å². The second kappa shape index (κ2) is 9.14. The number of cyclic esters (lactones) is 1. The maximum Gasteiger partial charge on any atom is 0.313 e. The van der Waals surface area contributed by atoms with Crippen molar-refractivity contribution in [2.24, 2.45) is 5.92 Å². The van der Waals surface area contributed by atoms with Crippen molar-refractivity contribution in [2.75, 3.05) is 6.61 Å². The number of carbonyl (C=O) groups excluding carboxylic acids is 2. The Kier molecular flexibility index (Phi) is 6.14. The minimum absolute atomic E-state index is 0.0108. The molecule has 3 aromatic carbocycles. The lowest BCUT2D eigenvalue weighted by molar-refractivity contribution is -0.164. The third-order valence-electron chi connectivity index (χ3n) is 5.73. The van der Waals surface area contributed by atoms with Crippen LogP contribution in [0.25, 0.3) is 0 Å². The number of hydrogen-bond donors (Lipinski definition) is 1. The van der Waals surface area contributed by atoms with E-state index in [1.54, 1.807) is 24.3 Å². The number of hydrogen-bond acceptors (Lipinski definition) is 5. The van der Waals surface area contributed by atoms with Crippen molar-refractivity contribution in [3.63, 3.8) is 0 Å². The fourth-order valence-electron chi connectivity index (χ4n) is 4.17. The van der Waals surface area contributed by atoms with Crippen LogP contribution in [0, 0.1) is 5.92 Å². The molecule has 158 valence electrons. The SMILES string of the molecule is O=C1C[C@](O)(c2ccccc2)[C@@H](C(=O)OCc2ccccc2)[C@H](c2ccccc2)CO1. The van der Waals surface area contributed by atoms with E-state index in [0.717, 1.165) is 11.1 Å². The largest absolute Gasteiger partial charge is 0.465 e. The molecule has 1 saturated heterocycles. The highest BCUT2D eigenvalue weighted by atomic mass is 16.5. The van der Waals surface area contributed by atoms with Crippen LogP contribution in [0.1, 0.15) is 29.0 Å². The Morgan fingerprint density at radius 2 is 1.52 bits per heavy atom. The van der Waals surface area contributed by atoms with Gasteiger partial charge in [0.15, 0.2) is 0 Å². The molecule has 0 bridgehead atoms. The van der Waals surface area contributed by atoms with Crippen LogP contribution >= 0.6 is 0 Å². The summed E-state index contributed by atoms with van der Waals surface area (Å²) in [6.07, 6.45) is -0.328. The molecule has 3 atom stereocenters. The fraction of sp³-hybridized carbons (Fsp3) is 0.231. The molecule has 5 nitrogen and oxygen atoms in total. The van der Waals surface area contributed by atoms with E-state index >= 15 is 0 Å². The molecule has 4 rings (SSSR count). The van der Waals surface area contributed by atoms with E-state index in [-0.39, 0.29) is 19.6 Å². The standard InChI is InChI=1S/C26H24O5/c27-23-16-26(29,21-14-8-3-9-15-21)24(22(18-30-23)20-12-6-2-7-13-20)25(28)31-17-19-10-4-1-5-11-19/h1-15,22,24,29H,16-18H2/t22-,24+,26-/m0/s1. The average Bonchev–Trinajstić information content (AvgIpc) is 2.95. The first-order valence-electron chi connectivity index (χ1n) is 10.3. The molecule has 1 aliphatic heterocycles. The molecule has 0 saturated carbocycles. The van der Waals surface area contributed by atoms with Gasteiger partial charge in [-0.05, 0) is 16.7 Å². The highest BCUT2D eigenvalue weighted by Gasteiger charge is 2.52. The molecule has 1 N–H and O–H groups in total. The zero-order valence-electron chi connectivity index (χ0n) is 17.0. The van der Waals surface area contributed by atoms with Crippen LogP contribution in [0.3, 0.4) is 0 Å². The number of benzene rings is 3. The van der Waals surface area contributed by atoms with Gasteiger partial charge in [0.05, 0.1) is 13.0 Å². The lowest BCUT2D eigenvalue weighted by Gasteiger charge is -2.36. The third kappa shape index (κ3) is 4.52. The number of aliphatic hydroxyl groups is 1. The lowest BCUT2D eigenvalue weighted by Crippen LogP contribution is -2.44. The van der Waals surface area contributed by atoms with Gasteiger partial charge in [-0.15, -0.1) is 0 Å². The summed E-state index contributed by atoms with van der Waals surface area (Å²) < 4.78 is 11.1. The van der Waals surface area contributed by atoms with E-state index in [9.17, 15) is 14.7 Å². The first kappa shape index (κ1) is 20.8. The van der Waals surface area contributed by atoms with Gasteiger partial charge in [0, 0.05) is 5.92 Å². The summed E-state index contributed by atoms with van der Waals surface area (Å²) in [5, 5.41) is 11.9. The van der Waals surface area contributed by atoms with Crippen LogP contribution in [-0.4, -0.2) is 23.7 Å². The number of esters is 2. The summed E-state index contributed by atoms with van der Waals surface area (Å²) in [5.74, 6) is -2.69. The molecule has 1 fully saturated rings. The van der Waals surface area contributed by atoms with Crippen molar-refractivity contribution in [1.82, 2.24) is 0 Å². The van der Waals surface area contributed by atoms with Crippen molar-refractivity contribution in [3.05, 3.63) is 108 Å². The van der Waals surface area contributed by atoms with E-state index in [1.807, 2.05) is 66.7 Å². The van der Waals surface area contributed by atoms with Crippen LogP contribution < -0.4 is 0 Å². The van der Waals surface area contributed by atoms with Crippen LogP contribution in [-0.2, 0) is 31.3 Å². The van der Waals surface area contributed by atoms with Crippen LogP contribution in [0.4, 0.5) is 0 Å². The normalized spacial score (nSPS) is 23.5. The van der Waals surface area contributed by atoms with Crippen molar-refractivity contribution in [1.29, 1.82) is 0 Å². The molecule has 0 radical (unpaired) electrons. The summed E-state index contributed by atoms with van der Waals surface area (Å²) in [6, 6.07) is 27.5. The number of ether oxygens (including phenoxy) is 2. The highest BCUT2D eigenvalue weighted by Crippen LogP contribution is 2.45. The molecule has 0 aromatic heterocycles. The predicted octanol–water partition coefficient (Wildman–Crippen LogP) is 3.96. The van der Waals surface area contributed by atoms with E-state index in [4.69, 9.17) is 9.47 Å². The summed E-state index contributed by atoms with van der Waals surface area (Å²) in [7, 11) is 0. The van der Waals surface area contributed by atoms with E-state index in [2.05, 4.69) is 0 Å². The van der Waals surface area contributed by atoms with Gasteiger partial charge in [0.25, 0.3) is 0 Å². The second-order valence-corrected chi connectivity index (χ2v) is 7.74. The fourth-order valence-corrected chi connectivity index (χ4v) is 4.17. The average molecular weight is 416 g/mol. The van der Waals surface area contributed by atoms with Gasteiger partial charge in [-0.2, -0.15) is 0 Å². The Hall–Kier alpha value is -3.44. The van der Waals surface area contributed by atoms with Gasteiger partial charge in [-0.3, -0.25) is 9.59 Å². The Morgan fingerprint density at radius 3 is 2.16 bits per heavy atom. The van der Waals surface area contributed by atoms with Crippen molar-refractivity contribution < 1.29 is 24.2 Å². The maximum absolute atomic E-state index is 13.5. The topological polar surface area (TPSA) is 72.8 Å². The maximum atomic E-state index is 13.5. The summed E-state index contributed by atoms with van der Waals surface area (Å²) in [5.41, 5.74) is 0.365. The molecule has 1 aliphatic rings. The van der Waals surface area contributed by atoms with Crippen molar-refractivity contribution >= 4 is 11.9 Å². The van der Waals surface area contributed by atoms with E-state index in [0.29, 0.717) is 5.56 Å². The van der Waals surface area contributed by atoms with Gasteiger partial charge in [0.1, 0.15) is 18.1 Å². The monoisotopic (exact) mass is 416 g/mol. The smallest absolute Gasteiger partial charge is 0.313 e. The van der Waals surface area contributed by atoms with Gasteiger partial charge in [-0.1, -0.05) is 91.0 Å². The first-order valence-corrected chi connectivity index (χ1v) is 10.3. The molecule has 0 aliphatic carbocycles. The summed E-state index contributed by atoms with van der Waals surface area (Å²) in [4.78, 5) is 25.9. The Balaban J connectivity index is 1.75. The number of rotatable bonds is 5. The summed E-state index contributed by atoms with van der Waals surface area (Å²) >= 11 is 0. The first-order chi connectivity index (χ1) is 15.1. The van der Waals surface area contributed by atoms with Crippen LogP contribution in [0.2, 0.25) is 0 Å². The molecule has 3 aromatic rings. The molecule has 0 amide bonds. The molecule has 1 heterocycles. The van der Waals surface area contributed by atoms with Crippen LogP contribution in [0.15, 0.2) is 91.0 Å². The van der Waals surface area contributed by atoms with Crippen molar-refractivity contribution in [2.45, 2.75) is 24.5 Å². The Morgan fingerprint density at radius 1 is 0.935 bits per heavy atom. The minimum atomic E-state index is -1.76. The molecular weight excluding hydrogens is 392 g/mol. The van der Waals surface area contributed by atoms with Gasteiger partial charge >= 0.3 is 11.9 Å². The number of carbonyl (C=O) groups is 2. The minimum Gasteiger partial charge on any atom is -0.465 e. The molecule has 0 unspecified atom stereocenters. The second-order valence-electron chi connectivity index (χ2n) is 7.74. The predicted molar refractivity (Wildman–Crippen MR) is 115 cm³/mol. The van der Waals surface area contributed by atoms with Gasteiger partial charge in [0.2, 0.25) is 0 Å². The Bertz CT molecular complexity index is 1020. The lowest BCUT2D eigenvalue weighted by atomic mass is 9.71.